The van der Waals surface area contributed by atoms with E-state index >= 15 is 0 Å². The summed E-state index contributed by atoms with van der Waals surface area (Å²) in [4.78, 5) is 14.1. The van der Waals surface area contributed by atoms with Crippen LogP contribution in [0.25, 0.3) is 11.6 Å². The maximum absolute atomic E-state index is 14.6. The Morgan fingerprint density at radius 3 is 2.50 bits per heavy atom. The summed E-state index contributed by atoms with van der Waals surface area (Å²) in [6, 6.07) is 13.2. The van der Waals surface area contributed by atoms with Crippen LogP contribution in [0.15, 0.2) is 65.6 Å². The Labute approximate surface area is 258 Å². The number of fused-ring (bicyclic) bond motifs is 1. The van der Waals surface area contributed by atoms with Crippen molar-refractivity contribution in [1.29, 1.82) is 0 Å². The Bertz CT molecular complexity index is 1670. The number of benzene rings is 3. The Kier molecular flexibility index (Phi) is 9.38. The largest absolute Gasteiger partial charge is 0.416 e. The number of nitrogens with zero attached hydrogens (tertiary/aromatic N) is 2. The fraction of sp³-hybridized carbons (Fsp3) is 0.344. The molecule has 1 fully saturated rings. The lowest BCUT2D eigenvalue weighted by Crippen LogP contribution is -2.42. The predicted octanol–water partition coefficient (Wildman–Crippen LogP) is 7.07. The SMILES string of the molecule is C/C(=C\c1ccc2c(c1)N(S(=O)(=O)c1cccc(C(F)(F)F)c1)C[C@H](CCC(=O)N1CCOCC1)C2)c1c(F)cccc1Cl. The predicted molar refractivity (Wildman–Crippen MR) is 161 cm³/mol. The van der Waals surface area contributed by atoms with Crippen molar-refractivity contribution in [3.63, 3.8) is 0 Å². The molecule has 1 atom stereocenters. The number of amides is 1. The summed E-state index contributed by atoms with van der Waals surface area (Å²) >= 11 is 6.24. The number of morpholine rings is 1. The van der Waals surface area contributed by atoms with Gasteiger partial charge in [0.1, 0.15) is 5.82 Å². The first-order chi connectivity index (χ1) is 20.8. The van der Waals surface area contributed by atoms with Crippen molar-refractivity contribution in [3.05, 3.63) is 93.8 Å². The number of halogens is 5. The van der Waals surface area contributed by atoms with Gasteiger partial charge in [-0.2, -0.15) is 13.2 Å². The van der Waals surface area contributed by atoms with Crippen LogP contribution in [0.3, 0.4) is 0 Å². The van der Waals surface area contributed by atoms with Crippen molar-refractivity contribution in [3.8, 4) is 0 Å². The van der Waals surface area contributed by atoms with Gasteiger partial charge in [0.15, 0.2) is 0 Å². The molecule has 5 rings (SSSR count). The summed E-state index contributed by atoms with van der Waals surface area (Å²) in [6.07, 6.45) is -1.97. The van der Waals surface area contributed by atoms with Gasteiger partial charge < -0.3 is 9.64 Å². The standard InChI is InChI=1S/C32H31ClF4N2O4S/c1-21(31-27(33)6-3-7-28(31)34)16-22-8-10-24-17-23(9-11-30(40)38-12-14-43-15-13-38)20-39(29(24)18-22)44(41,42)26-5-2-4-25(19-26)32(35,36)37/h2-8,10,16,18-19,23H,9,11-15,17,20H2,1H3/b21-16+/t23-/m1/s1. The van der Waals surface area contributed by atoms with Crippen molar-refractivity contribution in [2.24, 2.45) is 5.92 Å². The molecule has 1 amide bonds. The third-order valence-electron chi connectivity index (χ3n) is 7.93. The molecule has 0 saturated carbocycles. The summed E-state index contributed by atoms with van der Waals surface area (Å²) in [5.41, 5.74) is 1.21. The highest BCUT2D eigenvalue weighted by atomic mass is 35.5. The number of allylic oxidation sites excluding steroid dienone is 1. The minimum absolute atomic E-state index is 0.0206. The second-order valence-corrected chi connectivity index (χ2v) is 13.2. The molecule has 0 aliphatic carbocycles. The number of ether oxygens (including phenoxy) is 1. The molecule has 1 saturated heterocycles. The van der Waals surface area contributed by atoms with Crippen LogP contribution in [0.5, 0.6) is 0 Å². The molecule has 0 spiro atoms. The highest BCUT2D eigenvalue weighted by Gasteiger charge is 2.36. The number of anilines is 1. The minimum atomic E-state index is -4.72. The topological polar surface area (TPSA) is 66.9 Å². The van der Waals surface area contributed by atoms with Crippen molar-refractivity contribution in [2.45, 2.75) is 37.3 Å². The molecule has 2 aliphatic rings. The van der Waals surface area contributed by atoms with Gasteiger partial charge in [0, 0.05) is 31.6 Å². The monoisotopic (exact) mass is 650 g/mol. The lowest BCUT2D eigenvalue weighted by molar-refractivity contribution is -0.138. The quantitative estimate of drug-likeness (QED) is 0.203. The molecule has 234 valence electrons. The van der Waals surface area contributed by atoms with Crippen molar-refractivity contribution in [2.75, 3.05) is 37.2 Å². The molecule has 2 heterocycles. The zero-order chi connectivity index (χ0) is 31.6. The maximum Gasteiger partial charge on any atom is 0.416 e. The third-order valence-corrected chi connectivity index (χ3v) is 10.0. The number of hydrogen-bond acceptors (Lipinski definition) is 4. The highest BCUT2D eigenvalue weighted by molar-refractivity contribution is 7.92. The zero-order valence-electron chi connectivity index (χ0n) is 23.9. The van der Waals surface area contributed by atoms with Crippen LogP contribution in [0, 0.1) is 11.7 Å². The lowest BCUT2D eigenvalue weighted by atomic mass is 9.89. The minimum Gasteiger partial charge on any atom is -0.378 e. The fourth-order valence-corrected chi connectivity index (χ4v) is 7.59. The number of rotatable bonds is 7. The third kappa shape index (κ3) is 6.95. The zero-order valence-corrected chi connectivity index (χ0v) is 25.5. The van der Waals surface area contributed by atoms with E-state index in [1.54, 1.807) is 42.2 Å². The molecule has 0 aromatic heterocycles. The summed E-state index contributed by atoms with van der Waals surface area (Å²) in [5, 5.41) is 0.222. The number of alkyl halides is 3. The van der Waals surface area contributed by atoms with Crippen LogP contribution in [-0.4, -0.2) is 52.1 Å². The van der Waals surface area contributed by atoms with Crippen LogP contribution in [0.1, 0.15) is 42.0 Å². The second kappa shape index (κ2) is 12.9. The fourth-order valence-electron chi connectivity index (χ4n) is 5.66. The van der Waals surface area contributed by atoms with Gasteiger partial charge in [-0.1, -0.05) is 41.9 Å². The normalized spacial score (nSPS) is 17.9. The lowest BCUT2D eigenvalue weighted by Gasteiger charge is -2.36. The molecule has 12 heteroatoms. The van der Waals surface area contributed by atoms with Crippen LogP contribution >= 0.6 is 11.6 Å². The first-order valence-electron chi connectivity index (χ1n) is 14.2. The first kappa shape index (κ1) is 32.0. The average molecular weight is 651 g/mol. The van der Waals surface area contributed by atoms with E-state index in [4.69, 9.17) is 16.3 Å². The molecule has 44 heavy (non-hydrogen) atoms. The molecule has 0 unspecified atom stereocenters. The van der Waals surface area contributed by atoms with Gasteiger partial charge in [0.2, 0.25) is 5.91 Å². The molecule has 0 N–H and O–H groups in total. The van der Waals surface area contributed by atoms with E-state index in [1.807, 2.05) is 0 Å². The summed E-state index contributed by atoms with van der Waals surface area (Å²) in [7, 11) is -4.44. The van der Waals surface area contributed by atoms with Gasteiger partial charge in [0.25, 0.3) is 10.0 Å². The molecular formula is C32H31ClF4N2O4S. The Balaban J connectivity index is 1.50. The molecule has 6 nitrogen and oxygen atoms in total. The van der Waals surface area contributed by atoms with Gasteiger partial charge in [-0.15, -0.1) is 0 Å². The number of carbonyl (C=O) groups is 1. The second-order valence-electron chi connectivity index (χ2n) is 11.0. The van der Waals surface area contributed by atoms with Crippen LogP contribution in [0.4, 0.5) is 23.2 Å². The molecular weight excluding hydrogens is 620 g/mol. The highest BCUT2D eigenvalue weighted by Crippen LogP contribution is 2.39. The van der Waals surface area contributed by atoms with Crippen LogP contribution in [-0.2, 0) is 32.2 Å². The smallest absolute Gasteiger partial charge is 0.378 e. The molecule has 3 aromatic rings. The van der Waals surface area contributed by atoms with E-state index in [1.165, 1.54) is 12.1 Å². The van der Waals surface area contributed by atoms with E-state index < -0.39 is 32.5 Å². The molecule has 2 aliphatic heterocycles. The number of sulfonamides is 1. The maximum atomic E-state index is 14.6. The van der Waals surface area contributed by atoms with E-state index in [9.17, 15) is 30.8 Å². The summed E-state index contributed by atoms with van der Waals surface area (Å²) in [6.45, 7) is 3.58. The van der Waals surface area contributed by atoms with Crippen molar-refractivity contribution >= 4 is 44.9 Å². The van der Waals surface area contributed by atoms with Gasteiger partial charge in [-0.3, -0.25) is 9.10 Å². The summed E-state index contributed by atoms with van der Waals surface area (Å²) in [5.74, 6) is -0.810. The Morgan fingerprint density at radius 1 is 1.07 bits per heavy atom. The van der Waals surface area contributed by atoms with Gasteiger partial charge >= 0.3 is 6.18 Å². The number of hydrogen-bond donors (Lipinski definition) is 0. The Hall–Kier alpha value is -3.41. The number of carbonyl (C=O) groups excluding carboxylic acids is 1. The molecule has 3 aromatic carbocycles. The van der Waals surface area contributed by atoms with Gasteiger partial charge in [0.05, 0.1) is 34.4 Å². The van der Waals surface area contributed by atoms with Crippen molar-refractivity contribution < 1.29 is 35.5 Å². The van der Waals surface area contributed by atoms with E-state index in [0.29, 0.717) is 67.6 Å². The van der Waals surface area contributed by atoms with E-state index in [-0.39, 0.29) is 35.4 Å². The van der Waals surface area contributed by atoms with E-state index in [0.717, 1.165) is 22.5 Å². The van der Waals surface area contributed by atoms with E-state index in [2.05, 4.69) is 0 Å². The summed E-state index contributed by atoms with van der Waals surface area (Å²) < 4.78 is 89.5. The van der Waals surface area contributed by atoms with Crippen LogP contribution in [0.2, 0.25) is 5.02 Å². The first-order valence-corrected chi connectivity index (χ1v) is 16.0. The van der Waals surface area contributed by atoms with Crippen molar-refractivity contribution in [1.82, 2.24) is 4.90 Å². The van der Waals surface area contributed by atoms with Crippen LogP contribution < -0.4 is 4.31 Å². The average Bonchev–Trinajstić information content (AvgIpc) is 2.99. The van der Waals surface area contributed by atoms with Gasteiger partial charge in [-0.05, 0) is 78.8 Å². The Morgan fingerprint density at radius 2 is 1.80 bits per heavy atom. The van der Waals surface area contributed by atoms with Gasteiger partial charge in [-0.25, -0.2) is 12.8 Å². The molecule has 0 bridgehead atoms. The molecule has 0 radical (unpaired) electrons.